The smallest absolute Gasteiger partial charge is 0.0467 e. The van der Waals surface area contributed by atoms with Gasteiger partial charge in [-0.1, -0.05) is 176 Å². The lowest BCUT2D eigenvalue weighted by atomic mass is 9.92. The van der Waals surface area contributed by atoms with Crippen LogP contribution in [0, 0.1) is 0 Å². The van der Waals surface area contributed by atoms with Crippen LogP contribution in [0.4, 0.5) is 17.1 Å². The van der Waals surface area contributed by atoms with Gasteiger partial charge in [-0.3, -0.25) is 0 Å². The van der Waals surface area contributed by atoms with E-state index in [2.05, 4.69) is 217 Å². The molecule has 0 bridgehead atoms. The molecular formula is C52H35N. The summed E-state index contributed by atoms with van der Waals surface area (Å²) < 4.78 is 0. The molecule has 10 rings (SSSR count). The summed E-state index contributed by atoms with van der Waals surface area (Å²) in [4.78, 5) is 2.37. The molecule has 1 heteroatoms. The van der Waals surface area contributed by atoms with Crippen LogP contribution in [0.25, 0.3) is 76.5 Å². The highest BCUT2D eigenvalue weighted by Gasteiger charge is 2.16. The summed E-state index contributed by atoms with van der Waals surface area (Å²) in [5.74, 6) is 0. The molecule has 0 aliphatic carbocycles. The predicted molar refractivity (Wildman–Crippen MR) is 227 cm³/mol. The maximum atomic E-state index is 2.37. The van der Waals surface area contributed by atoms with Crippen LogP contribution in [-0.4, -0.2) is 0 Å². The van der Waals surface area contributed by atoms with Gasteiger partial charge in [-0.05, 0) is 113 Å². The molecule has 0 spiro atoms. The third-order valence-corrected chi connectivity index (χ3v) is 10.6. The molecular weight excluding hydrogens is 639 g/mol. The van der Waals surface area contributed by atoms with Crippen molar-refractivity contribution in [3.63, 3.8) is 0 Å². The Balaban J connectivity index is 1.09. The molecule has 10 aromatic rings. The molecule has 248 valence electrons. The van der Waals surface area contributed by atoms with E-state index in [1.54, 1.807) is 0 Å². The second kappa shape index (κ2) is 13.0. The molecule has 0 atom stereocenters. The summed E-state index contributed by atoms with van der Waals surface area (Å²) in [6.07, 6.45) is 0. The lowest BCUT2D eigenvalue weighted by Crippen LogP contribution is -2.10. The molecule has 0 aliphatic heterocycles. The standard InChI is InChI=1S/C52H35N/c1-2-11-36(12-3-1)37-25-30-43(31-26-37)53(45-17-8-16-42(35-45)48-20-9-15-38-13-4-6-18-46(38)48)44-32-27-40(28-33-44)47-21-10-22-51-50(47)34-29-41-24-23-39-14-5-7-19-49(39)52(41)51/h1-35H. The molecule has 0 saturated heterocycles. The first-order valence-electron chi connectivity index (χ1n) is 18.3. The minimum absolute atomic E-state index is 1.10. The quantitative estimate of drug-likeness (QED) is 0.159. The van der Waals surface area contributed by atoms with Gasteiger partial charge in [-0.15, -0.1) is 0 Å². The van der Waals surface area contributed by atoms with Crippen LogP contribution in [-0.2, 0) is 0 Å². The first-order valence-corrected chi connectivity index (χ1v) is 18.3. The normalized spacial score (nSPS) is 11.4. The molecule has 0 aliphatic rings. The number of nitrogens with zero attached hydrogens (tertiary/aromatic N) is 1. The van der Waals surface area contributed by atoms with Crippen LogP contribution in [0.1, 0.15) is 0 Å². The van der Waals surface area contributed by atoms with Gasteiger partial charge in [0, 0.05) is 17.1 Å². The second-order valence-corrected chi connectivity index (χ2v) is 13.7. The second-order valence-electron chi connectivity index (χ2n) is 13.7. The Morgan fingerprint density at radius 3 is 1.53 bits per heavy atom. The Morgan fingerprint density at radius 2 is 0.755 bits per heavy atom. The van der Waals surface area contributed by atoms with Gasteiger partial charge in [-0.25, -0.2) is 0 Å². The molecule has 0 heterocycles. The average molecular weight is 674 g/mol. The number of hydrogen-bond acceptors (Lipinski definition) is 1. The molecule has 10 aromatic carbocycles. The Morgan fingerprint density at radius 1 is 0.245 bits per heavy atom. The molecule has 0 aromatic heterocycles. The first-order chi connectivity index (χ1) is 26.3. The van der Waals surface area contributed by atoms with Crippen LogP contribution in [0.2, 0.25) is 0 Å². The van der Waals surface area contributed by atoms with Gasteiger partial charge in [0.15, 0.2) is 0 Å². The van der Waals surface area contributed by atoms with E-state index in [4.69, 9.17) is 0 Å². The molecule has 0 unspecified atom stereocenters. The Hall–Kier alpha value is -6.96. The van der Waals surface area contributed by atoms with E-state index < -0.39 is 0 Å². The fraction of sp³-hybridized carbons (Fsp3) is 0. The van der Waals surface area contributed by atoms with Crippen molar-refractivity contribution in [2.24, 2.45) is 0 Å². The van der Waals surface area contributed by atoms with E-state index in [1.807, 2.05) is 0 Å². The summed E-state index contributed by atoms with van der Waals surface area (Å²) in [5, 5.41) is 10.2. The highest BCUT2D eigenvalue weighted by molar-refractivity contribution is 6.22. The summed E-state index contributed by atoms with van der Waals surface area (Å²) in [7, 11) is 0. The van der Waals surface area contributed by atoms with Crippen molar-refractivity contribution in [2.45, 2.75) is 0 Å². The first kappa shape index (κ1) is 30.8. The van der Waals surface area contributed by atoms with Crippen molar-refractivity contribution in [3.8, 4) is 33.4 Å². The van der Waals surface area contributed by atoms with Gasteiger partial charge in [0.1, 0.15) is 0 Å². The predicted octanol–water partition coefficient (Wildman–Crippen LogP) is 14.8. The fourth-order valence-corrected chi connectivity index (χ4v) is 8.08. The van der Waals surface area contributed by atoms with E-state index in [-0.39, 0.29) is 0 Å². The van der Waals surface area contributed by atoms with Crippen molar-refractivity contribution in [1.82, 2.24) is 0 Å². The molecule has 0 N–H and O–H groups in total. The summed E-state index contributed by atoms with van der Waals surface area (Å²) >= 11 is 0. The summed E-state index contributed by atoms with van der Waals surface area (Å²) in [6, 6.07) is 77.2. The van der Waals surface area contributed by atoms with E-state index >= 15 is 0 Å². The van der Waals surface area contributed by atoms with Crippen molar-refractivity contribution in [2.75, 3.05) is 4.90 Å². The highest BCUT2D eigenvalue weighted by atomic mass is 15.1. The van der Waals surface area contributed by atoms with Crippen molar-refractivity contribution >= 4 is 60.2 Å². The lowest BCUT2D eigenvalue weighted by molar-refractivity contribution is 1.28. The average Bonchev–Trinajstić information content (AvgIpc) is 3.24. The molecule has 0 amide bonds. The topological polar surface area (TPSA) is 3.24 Å². The lowest BCUT2D eigenvalue weighted by Gasteiger charge is -2.26. The zero-order valence-corrected chi connectivity index (χ0v) is 29.2. The summed E-state index contributed by atoms with van der Waals surface area (Å²) in [5.41, 5.74) is 10.6. The molecule has 1 nitrogen and oxygen atoms in total. The van der Waals surface area contributed by atoms with Crippen molar-refractivity contribution < 1.29 is 0 Å². The largest absolute Gasteiger partial charge is 0.310 e. The minimum Gasteiger partial charge on any atom is -0.310 e. The fourth-order valence-electron chi connectivity index (χ4n) is 8.08. The molecule has 0 saturated carbocycles. The van der Waals surface area contributed by atoms with Gasteiger partial charge >= 0.3 is 0 Å². The third kappa shape index (κ3) is 5.51. The maximum absolute atomic E-state index is 2.37. The van der Waals surface area contributed by atoms with Crippen LogP contribution < -0.4 is 4.90 Å². The molecule has 0 radical (unpaired) electrons. The third-order valence-electron chi connectivity index (χ3n) is 10.6. The zero-order chi connectivity index (χ0) is 35.1. The monoisotopic (exact) mass is 673 g/mol. The molecule has 53 heavy (non-hydrogen) atoms. The minimum atomic E-state index is 1.10. The van der Waals surface area contributed by atoms with E-state index in [9.17, 15) is 0 Å². The highest BCUT2D eigenvalue weighted by Crippen LogP contribution is 2.41. The molecule has 0 fully saturated rings. The van der Waals surface area contributed by atoms with Crippen molar-refractivity contribution in [1.29, 1.82) is 0 Å². The number of benzene rings is 10. The van der Waals surface area contributed by atoms with E-state index in [0.29, 0.717) is 0 Å². The van der Waals surface area contributed by atoms with Gasteiger partial charge < -0.3 is 4.90 Å². The van der Waals surface area contributed by atoms with Gasteiger partial charge in [0.25, 0.3) is 0 Å². The van der Waals surface area contributed by atoms with Crippen LogP contribution >= 0.6 is 0 Å². The Bertz CT molecular complexity index is 2920. The SMILES string of the molecule is c1ccc(-c2ccc(N(c3ccc(-c4cccc5c4ccc4ccc6ccccc6c45)cc3)c3cccc(-c4cccc5ccccc45)c3)cc2)cc1. The zero-order valence-electron chi connectivity index (χ0n) is 29.2. The number of rotatable bonds is 6. The van der Waals surface area contributed by atoms with Crippen LogP contribution in [0.5, 0.6) is 0 Å². The van der Waals surface area contributed by atoms with Crippen LogP contribution in [0.3, 0.4) is 0 Å². The summed E-state index contributed by atoms with van der Waals surface area (Å²) in [6.45, 7) is 0. The number of anilines is 3. The van der Waals surface area contributed by atoms with Crippen molar-refractivity contribution in [3.05, 3.63) is 212 Å². The van der Waals surface area contributed by atoms with E-state index in [1.165, 1.54) is 76.5 Å². The van der Waals surface area contributed by atoms with Crippen LogP contribution in [0.15, 0.2) is 212 Å². The Kier molecular flexibility index (Phi) is 7.55. The number of fused-ring (bicyclic) bond motifs is 6. The Labute approximate surface area is 309 Å². The van der Waals surface area contributed by atoms with E-state index in [0.717, 1.165) is 17.1 Å². The number of hydrogen-bond donors (Lipinski definition) is 0. The van der Waals surface area contributed by atoms with Gasteiger partial charge in [0.2, 0.25) is 0 Å². The van der Waals surface area contributed by atoms with Gasteiger partial charge in [-0.2, -0.15) is 0 Å². The van der Waals surface area contributed by atoms with Gasteiger partial charge in [0.05, 0.1) is 0 Å². The maximum Gasteiger partial charge on any atom is 0.0467 e.